The van der Waals surface area contributed by atoms with E-state index in [0.29, 0.717) is 18.5 Å². The molecule has 2 amide bonds. The lowest BCUT2D eigenvalue weighted by Gasteiger charge is -2.43. The van der Waals surface area contributed by atoms with Gasteiger partial charge in [0.1, 0.15) is 0 Å². The third-order valence-corrected chi connectivity index (χ3v) is 5.76. The standard InChI is InChI=1S/C23H26ClF2N3O4/c1-13(2)17-6-4-5-7-18(17)29(16-8-14(9-16)10-20(30)32-3)23(31)28-21-19(33-22(25)26)11-15(24)12-27-21/h4-7,11-14,16,22H,8-10H2,1-3H3,(H,27,28,31). The number of benzene rings is 1. The lowest BCUT2D eigenvalue weighted by atomic mass is 9.77. The van der Waals surface area contributed by atoms with Gasteiger partial charge in [-0.2, -0.15) is 8.78 Å². The quantitative estimate of drug-likeness (QED) is 0.479. The molecule has 1 aliphatic carbocycles. The summed E-state index contributed by atoms with van der Waals surface area (Å²) in [5.41, 5.74) is 1.66. The van der Waals surface area contributed by atoms with Crippen molar-refractivity contribution < 1.29 is 27.8 Å². The molecule has 1 fully saturated rings. The Morgan fingerprint density at radius 1 is 1.27 bits per heavy atom. The topological polar surface area (TPSA) is 80.8 Å². The molecule has 0 atom stereocenters. The van der Waals surface area contributed by atoms with Gasteiger partial charge in [0.05, 0.1) is 12.1 Å². The molecule has 10 heteroatoms. The first kappa shape index (κ1) is 24.7. The molecule has 0 saturated heterocycles. The third kappa shape index (κ3) is 6.10. The second-order valence-electron chi connectivity index (χ2n) is 8.16. The van der Waals surface area contributed by atoms with E-state index in [-0.39, 0.29) is 46.9 Å². The number of anilines is 2. The van der Waals surface area contributed by atoms with Gasteiger partial charge in [0, 0.05) is 30.4 Å². The van der Waals surface area contributed by atoms with Crippen LogP contribution in [0.2, 0.25) is 5.02 Å². The molecule has 1 saturated carbocycles. The molecule has 3 rings (SSSR count). The molecule has 0 aliphatic heterocycles. The molecule has 0 bridgehead atoms. The van der Waals surface area contributed by atoms with Crippen molar-refractivity contribution in [2.75, 3.05) is 17.3 Å². The lowest BCUT2D eigenvalue weighted by Crippen LogP contribution is -2.50. The number of esters is 1. The number of carbonyl (C=O) groups is 2. The number of ether oxygens (including phenoxy) is 2. The number of nitrogens with zero attached hydrogens (tertiary/aromatic N) is 2. The van der Waals surface area contributed by atoms with Crippen LogP contribution in [0.1, 0.15) is 44.6 Å². The number of amides is 2. The summed E-state index contributed by atoms with van der Waals surface area (Å²) in [6.45, 7) is 0.931. The van der Waals surface area contributed by atoms with Crippen LogP contribution in [-0.4, -0.2) is 36.7 Å². The van der Waals surface area contributed by atoms with E-state index in [1.165, 1.54) is 19.4 Å². The van der Waals surface area contributed by atoms with Gasteiger partial charge in [0.25, 0.3) is 0 Å². The van der Waals surface area contributed by atoms with Crippen molar-refractivity contribution >= 4 is 35.1 Å². The largest absolute Gasteiger partial charge is 0.469 e. The Labute approximate surface area is 196 Å². The maximum Gasteiger partial charge on any atom is 0.387 e. The highest BCUT2D eigenvalue weighted by Crippen LogP contribution is 2.40. The number of urea groups is 1. The van der Waals surface area contributed by atoms with Gasteiger partial charge in [-0.3, -0.25) is 15.0 Å². The molecule has 178 valence electrons. The van der Waals surface area contributed by atoms with Crippen LogP contribution < -0.4 is 15.0 Å². The van der Waals surface area contributed by atoms with Crippen molar-refractivity contribution in [2.45, 2.75) is 51.7 Å². The Morgan fingerprint density at radius 2 is 1.97 bits per heavy atom. The maximum atomic E-state index is 13.4. The van der Waals surface area contributed by atoms with Gasteiger partial charge in [0.15, 0.2) is 11.6 Å². The molecule has 33 heavy (non-hydrogen) atoms. The predicted molar refractivity (Wildman–Crippen MR) is 121 cm³/mol. The second-order valence-corrected chi connectivity index (χ2v) is 8.60. The van der Waals surface area contributed by atoms with Crippen LogP contribution in [0.25, 0.3) is 0 Å². The zero-order chi connectivity index (χ0) is 24.1. The number of halogens is 3. The lowest BCUT2D eigenvalue weighted by molar-refractivity contribution is -0.142. The number of aromatic nitrogens is 1. The molecule has 1 aliphatic rings. The van der Waals surface area contributed by atoms with Gasteiger partial charge in [-0.05, 0) is 36.3 Å². The second kappa shape index (κ2) is 10.8. The highest BCUT2D eigenvalue weighted by atomic mass is 35.5. The number of hydrogen-bond acceptors (Lipinski definition) is 5. The first-order valence-corrected chi connectivity index (χ1v) is 10.9. The van der Waals surface area contributed by atoms with E-state index in [1.54, 1.807) is 4.90 Å². The van der Waals surface area contributed by atoms with Crippen molar-refractivity contribution in [3.8, 4) is 5.75 Å². The average molecular weight is 482 g/mol. The van der Waals surface area contributed by atoms with Crippen molar-refractivity contribution in [2.24, 2.45) is 5.92 Å². The average Bonchev–Trinajstić information content (AvgIpc) is 2.73. The summed E-state index contributed by atoms with van der Waals surface area (Å²) in [5, 5.41) is 2.68. The molecule has 0 unspecified atom stereocenters. The molecule has 1 heterocycles. The number of para-hydroxylation sites is 1. The summed E-state index contributed by atoms with van der Waals surface area (Å²) in [6.07, 6.45) is 2.71. The molecule has 2 aromatic rings. The van der Waals surface area contributed by atoms with Crippen molar-refractivity contribution in [1.29, 1.82) is 0 Å². The van der Waals surface area contributed by atoms with E-state index in [1.807, 2.05) is 38.1 Å². The fraction of sp³-hybridized carbons (Fsp3) is 0.435. The first-order valence-electron chi connectivity index (χ1n) is 10.6. The number of rotatable bonds is 8. The normalized spacial score (nSPS) is 17.5. The molecule has 1 N–H and O–H groups in total. The predicted octanol–water partition coefficient (Wildman–Crippen LogP) is 5.84. The highest BCUT2D eigenvalue weighted by Gasteiger charge is 2.39. The zero-order valence-corrected chi connectivity index (χ0v) is 19.3. The minimum Gasteiger partial charge on any atom is -0.469 e. The Balaban J connectivity index is 1.89. The molecule has 0 spiro atoms. The summed E-state index contributed by atoms with van der Waals surface area (Å²) < 4.78 is 34.9. The summed E-state index contributed by atoms with van der Waals surface area (Å²) in [4.78, 5) is 30.6. The van der Waals surface area contributed by atoms with Crippen molar-refractivity contribution in [3.05, 3.63) is 47.1 Å². The van der Waals surface area contributed by atoms with Crippen LogP contribution in [-0.2, 0) is 9.53 Å². The number of nitrogens with one attached hydrogen (secondary N) is 1. The van der Waals surface area contributed by atoms with Crippen LogP contribution in [0.15, 0.2) is 36.5 Å². The highest BCUT2D eigenvalue weighted by molar-refractivity contribution is 6.30. The van der Waals surface area contributed by atoms with E-state index in [9.17, 15) is 18.4 Å². The summed E-state index contributed by atoms with van der Waals surface area (Å²) in [7, 11) is 1.34. The zero-order valence-electron chi connectivity index (χ0n) is 18.6. The monoisotopic (exact) mass is 481 g/mol. The van der Waals surface area contributed by atoms with Crippen LogP contribution in [0, 0.1) is 5.92 Å². The molecule has 1 aromatic carbocycles. The van der Waals surface area contributed by atoms with Crippen LogP contribution in [0.3, 0.4) is 0 Å². The summed E-state index contributed by atoms with van der Waals surface area (Å²) >= 11 is 5.85. The summed E-state index contributed by atoms with van der Waals surface area (Å²) in [6, 6.07) is 7.94. The van der Waals surface area contributed by atoms with E-state index in [4.69, 9.17) is 16.3 Å². The third-order valence-electron chi connectivity index (χ3n) is 5.56. The Kier molecular flexibility index (Phi) is 8.07. The van der Waals surface area contributed by atoms with Crippen LogP contribution in [0.4, 0.5) is 25.1 Å². The molecule has 7 nitrogen and oxygen atoms in total. The molecule has 0 radical (unpaired) electrons. The van der Waals surface area contributed by atoms with Gasteiger partial charge in [-0.1, -0.05) is 43.6 Å². The number of hydrogen-bond donors (Lipinski definition) is 1. The van der Waals surface area contributed by atoms with Gasteiger partial charge in [-0.15, -0.1) is 0 Å². The fourth-order valence-electron chi connectivity index (χ4n) is 3.93. The molecular weight excluding hydrogens is 456 g/mol. The maximum absolute atomic E-state index is 13.4. The van der Waals surface area contributed by atoms with Crippen LogP contribution in [0.5, 0.6) is 5.75 Å². The number of pyridine rings is 1. The number of carbonyl (C=O) groups excluding carboxylic acids is 2. The fourth-order valence-corrected chi connectivity index (χ4v) is 4.07. The minimum absolute atomic E-state index is 0.0929. The van der Waals surface area contributed by atoms with Gasteiger partial charge < -0.3 is 9.47 Å². The van der Waals surface area contributed by atoms with Gasteiger partial charge >= 0.3 is 18.6 Å². The molecule has 1 aromatic heterocycles. The van der Waals surface area contributed by atoms with E-state index >= 15 is 0 Å². The van der Waals surface area contributed by atoms with E-state index < -0.39 is 12.6 Å². The van der Waals surface area contributed by atoms with Gasteiger partial charge in [-0.25, -0.2) is 9.78 Å². The smallest absolute Gasteiger partial charge is 0.387 e. The minimum atomic E-state index is -3.11. The van der Waals surface area contributed by atoms with E-state index in [0.717, 1.165) is 5.56 Å². The Bertz CT molecular complexity index is 999. The van der Waals surface area contributed by atoms with Crippen LogP contribution >= 0.6 is 11.6 Å². The molecular formula is C23H26ClF2N3O4. The Hall–Kier alpha value is -2.94. The van der Waals surface area contributed by atoms with Gasteiger partial charge in [0.2, 0.25) is 0 Å². The number of methoxy groups -OCH3 is 1. The van der Waals surface area contributed by atoms with Crippen molar-refractivity contribution in [3.63, 3.8) is 0 Å². The Morgan fingerprint density at radius 3 is 2.61 bits per heavy atom. The number of alkyl halides is 2. The summed E-state index contributed by atoms with van der Waals surface area (Å²) in [5.74, 6) is -0.567. The van der Waals surface area contributed by atoms with Crippen molar-refractivity contribution in [1.82, 2.24) is 4.98 Å². The SMILES string of the molecule is COC(=O)CC1CC(N(C(=O)Nc2ncc(Cl)cc2OC(F)F)c2ccccc2C(C)C)C1. The van der Waals surface area contributed by atoms with E-state index in [2.05, 4.69) is 15.0 Å². The first-order chi connectivity index (χ1) is 15.7.